The largest absolute Gasteiger partial charge is 0.490 e. The van der Waals surface area contributed by atoms with Crippen molar-refractivity contribution in [2.75, 3.05) is 6.61 Å². The average molecular weight is 507 g/mol. The number of carbonyl (C=O) groups excluding carboxylic acids is 1. The predicted molar refractivity (Wildman–Crippen MR) is 137 cm³/mol. The van der Waals surface area contributed by atoms with Gasteiger partial charge in [0.2, 0.25) is 5.90 Å². The van der Waals surface area contributed by atoms with Gasteiger partial charge in [-0.3, -0.25) is 10.1 Å². The van der Waals surface area contributed by atoms with Crippen LogP contribution < -0.4 is 9.47 Å². The van der Waals surface area contributed by atoms with Gasteiger partial charge in [0.25, 0.3) is 5.69 Å². The number of esters is 1. The van der Waals surface area contributed by atoms with E-state index < -0.39 is 10.9 Å². The summed E-state index contributed by atoms with van der Waals surface area (Å²) < 4.78 is 17.0. The Bertz CT molecular complexity index is 1400. The molecule has 0 unspecified atom stereocenters. The van der Waals surface area contributed by atoms with Gasteiger partial charge in [0.1, 0.15) is 6.61 Å². The number of cyclic esters (lactones) is 1. The first-order valence-electron chi connectivity index (χ1n) is 11.2. The van der Waals surface area contributed by atoms with E-state index in [1.807, 2.05) is 38.1 Å². The van der Waals surface area contributed by atoms with Gasteiger partial charge in [-0.25, -0.2) is 9.79 Å². The van der Waals surface area contributed by atoms with E-state index >= 15 is 0 Å². The van der Waals surface area contributed by atoms with Gasteiger partial charge in [-0.05, 0) is 56.2 Å². The molecule has 0 aromatic heterocycles. The zero-order chi connectivity index (χ0) is 25.8. The quantitative estimate of drug-likeness (QED) is 0.156. The van der Waals surface area contributed by atoms with Crippen molar-refractivity contribution in [1.29, 1.82) is 0 Å². The van der Waals surface area contributed by atoms with Crippen molar-refractivity contribution >= 4 is 35.2 Å². The third-order valence-electron chi connectivity index (χ3n) is 5.41. The highest BCUT2D eigenvalue weighted by molar-refractivity contribution is 6.32. The lowest BCUT2D eigenvalue weighted by atomic mass is 10.1. The topological polar surface area (TPSA) is 100 Å². The van der Waals surface area contributed by atoms with Gasteiger partial charge in [-0.2, -0.15) is 0 Å². The van der Waals surface area contributed by atoms with Crippen LogP contribution >= 0.6 is 11.6 Å². The molecular weight excluding hydrogens is 484 g/mol. The van der Waals surface area contributed by atoms with Gasteiger partial charge in [0, 0.05) is 17.2 Å². The highest BCUT2D eigenvalue weighted by atomic mass is 35.5. The van der Waals surface area contributed by atoms with E-state index in [1.165, 1.54) is 12.1 Å². The van der Waals surface area contributed by atoms with E-state index in [0.717, 1.165) is 11.1 Å². The molecule has 0 fully saturated rings. The van der Waals surface area contributed by atoms with Crippen molar-refractivity contribution < 1.29 is 23.9 Å². The van der Waals surface area contributed by atoms with Crippen LogP contribution in [-0.2, 0) is 16.1 Å². The summed E-state index contributed by atoms with van der Waals surface area (Å²) in [7, 11) is 0. The molecule has 0 bridgehead atoms. The molecular formula is C27H23ClN2O6. The van der Waals surface area contributed by atoms with Gasteiger partial charge in [-0.1, -0.05) is 47.5 Å². The molecule has 0 aliphatic carbocycles. The van der Waals surface area contributed by atoms with Crippen molar-refractivity contribution in [3.63, 3.8) is 0 Å². The van der Waals surface area contributed by atoms with Crippen LogP contribution in [0, 0.1) is 24.0 Å². The van der Waals surface area contributed by atoms with Crippen LogP contribution in [0.15, 0.2) is 65.3 Å². The minimum absolute atomic E-state index is 0.0106. The summed E-state index contributed by atoms with van der Waals surface area (Å²) in [5.41, 5.74) is 3.46. The Morgan fingerprint density at radius 3 is 2.53 bits per heavy atom. The van der Waals surface area contributed by atoms with Crippen LogP contribution in [0.4, 0.5) is 5.69 Å². The van der Waals surface area contributed by atoms with Gasteiger partial charge in [0.05, 0.1) is 16.6 Å². The van der Waals surface area contributed by atoms with Gasteiger partial charge >= 0.3 is 5.97 Å². The monoisotopic (exact) mass is 506 g/mol. The molecule has 8 nitrogen and oxygen atoms in total. The third kappa shape index (κ3) is 5.55. The molecule has 36 heavy (non-hydrogen) atoms. The summed E-state index contributed by atoms with van der Waals surface area (Å²) in [5.74, 6) is 0.130. The number of hydrogen-bond donors (Lipinski definition) is 0. The molecule has 1 heterocycles. The number of ether oxygens (including phenoxy) is 3. The minimum Gasteiger partial charge on any atom is -0.490 e. The number of nitro benzene ring substituents is 1. The number of aliphatic imine (C=N–C) groups is 1. The Balaban J connectivity index is 1.62. The normalized spacial score (nSPS) is 13.9. The Morgan fingerprint density at radius 2 is 1.83 bits per heavy atom. The lowest BCUT2D eigenvalue weighted by Gasteiger charge is -2.14. The second-order valence-electron chi connectivity index (χ2n) is 8.13. The molecule has 0 spiro atoms. The third-order valence-corrected chi connectivity index (χ3v) is 5.69. The Labute approximate surface area is 212 Å². The second kappa shape index (κ2) is 10.6. The molecule has 9 heteroatoms. The van der Waals surface area contributed by atoms with E-state index in [9.17, 15) is 14.9 Å². The molecule has 3 aromatic rings. The first-order chi connectivity index (χ1) is 17.2. The van der Waals surface area contributed by atoms with Crippen LogP contribution in [0.2, 0.25) is 5.02 Å². The summed E-state index contributed by atoms with van der Waals surface area (Å²) >= 11 is 6.52. The van der Waals surface area contributed by atoms with E-state index in [1.54, 1.807) is 31.2 Å². The van der Waals surface area contributed by atoms with Gasteiger partial charge in [-0.15, -0.1) is 0 Å². The molecule has 1 aliphatic heterocycles. The Hall–Kier alpha value is -4.17. The summed E-state index contributed by atoms with van der Waals surface area (Å²) in [6.07, 6.45) is 1.51. The van der Waals surface area contributed by atoms with Crippen LogP contribution in [0.5, 0.6) is 11.5 Å². The van der Waals surface area contributed by atoms with Crippen LogP contribution in [0.1, 0.15) is 34.7 Å². The van der Waals surface area contributed by atoms with Crippen molar-refractivity contribution in [1.82, 2.24) is 0 Å². The second-order valence-corrected chi connectivity index (χ2v) is 8.54. The minimum atomic E-state index is -0.679. The Morgan fingerprint density at radius 1 is 1.08 bits per heavy atom. The molecule has 0 amide bonds. The number of carbonyl (C=O) groups is 1. The number of nitrogens with zero attached hydrogens (tertiary/aromatic N) is 2. The fourth-order valence-corrected chi connectivity index (χ4v) is 3.82. The van der Waals surface area contributed by atoms with E-state index in [4.69, 9.17) is 25.8 Å². The Kier molecular flexibility index (Phi) is 7.36. The van der Waals surface area contributed by atoms with Crippen LogP contribution in [0.3, 0.4) is 0 Å². The molecule has 0 saturated carbocycles. The molecule has 184 valence electrons. The summed E-state index contributed by atoms with van der Waals surface area (Å²) in [5, 5.41) is 11.6. The van der Waals surface area contributed by atoms with Gasteiger partial charge < -0.3 is 14.2 Å². The highest BCUT2D eigenvalue weighted by Gasteiger charge is 2.26. The maximum absolute atomic E-state index is 12.5. The van der Waals surface area contributed by atoms with E-state index in [-0.39, 0.29) is 17.3 Å². The lowest BCUT2D eigenvalue weighted by Crippen LogP contribution is -2.06. The summed E-state index contributed by atoms with van der Waals surface area (Å²) in [6, 6.07) is 15.8. The molecule has 1 aliphatic rings. The smallest absolute Gasteiger partial charge is 0.363 e. The highest BCUT2D eigenvalue weighted by Crippen LogP contribution is 2.38. The van der Waals surface area contributed by atoms with Crippen molar-refractivity contribution in [2.45, 2.75) is 27.4 Å². The van der Waals surface area contributed by atoms with Crippen LogP contribution in [-0.4, -0.2) is 23.4 Å². The molecule has 4 rings (SSSR count). The van der Waals surface area contributed by atoms with Crippen molar-refractivity contribution in [2.24, 2.45) is 4.99 Å². The van der Waals surface area contributed by atoms with Gasteiger partial charge in [0.15, 0.2) is 17.2 Å². The average Bonchev–Trinajstić information content (AvgIpc) is 3.20. The number of benzene rings is 3. The maximum Gasteiger partial charge on any atom is 0.363 e. The molecule has 3 aromatic carbocycles. The lowest BCUT2D eigenvalue weighted by molar-refractivity contribution is -0.385. The first-order valence-corrected chi connectivity index (χ1v) is 11.6. The van der Waals surface area contributed by atoms with Crippen LogP contribution in [0.25, 0.3) is 6.08 Å². The number of aryl methyl sites for hydroxylation is 2. The maximum atomic E-state index is 12.5. The number of halogens is 1. The van der Waals surface area contributed by atoms with E-state index in [0.29, 0.717) is 46.4 Å². The zero-order valence-corrected chi connectivity index (χ0v) is 20.7. The first kappa shape index (κ1) is 24.9. The molecule has 0 atom stereocenters. The van der Waals surface area contributed by atoms with Crippen molar-refractivity contribution in [3.8, 4) is 11.5 Å². The standard InChI is InChI=1S/C27H23ClN2O6/c1-4-34-24-13-19(11-21(28)25(24)35-15-18-8-5-16(2)6-9-18)12-22-27(31)36-26(29-22)20-10-7-17(3)23(14-20)30(32)33/h5-14H,4,15H2,1-3H3/b22-12-. The number of hydrogen-bond acceptors (Lipinski definition) is 7. The fourth-order valence-electron chi connectivity index (χ4n) is 3.54. The SMILES string of the molecule is CCOc1cc(/C=C2\N=C(c3ccc(C)c([N+](=O)[O-])c3)OC2=O)cc(Cl)c1OCc1ccc(C)cc1. The van der Waals surface area contributed by atoms with E-state index in [2.05, 4.69) is 4.99 Å². The molecule has 0 N–H and O–H groups in total. The number of rotatable bonds is 8. The number of nitro groups is 1. The predicted octanol–water partition coefficient (Wildman–Crippen LogP) is 6.19. The summed E-state index contributed by atoms with van der Waals surface area (Å²) in [6.45, 7) is 6.18. The molecule has 0 radical (unpaired) electrons. The zero-order valence-electron chi connectivity index (χ0n) is 19.9. The van der Waals surface area contributed by atoms with Crippen molar-refractivity contribution in [3.05, 3.63) is 103 Å². The summed E-state index contributed by atoms with van der Waals surface area (Å²) in [4.78, 5) is 27.5. The molecule has 0 saturated heterocycles. The fraction of sp³-hybridized carbons (Fsp3) is 0.185.